The molecule has 0 bridgehead atoms. The third kappa shape index (κ3) is 3.33. The summed E-state index contributed by atoms with van der Waals surface area (Å²) in [4.78, 5) is 18.6. The Labute approximate surface area is 130 Å². The van der Waals surface area contributed by atoms with Gasteiger partial charge < -0.3 is 4.74 Å². The lowest BCUT2D eigenvalue weighted by atomic mass is 10.1. The fourth-order valence-corrected chi connectivity index (χ4v) is 1.97. The van der Waals surface area contributed by atoms with E-state index in [1.54, 1.807) is 6.07 Å². The number of hydrogen-bond acceptors (Lipinski definition) is 4. The number of pyridine rings is 1. The molecule has 6 nitrogen and oxygen atoms in total. The van der Waals surface area contributed by atoms with Crippen molar-refractivity contribution >= 4 is 17.4 Å². The number of ketones is 1. The molecule has 0 spiro atoms. The molecule has 0 saturated heterocycles. The Bertz CT molecular complexity index is 775. The minimum absolute atomic E-state index is 0.0628. The van der Waals surface area contributed by atoms with Gasteiger partial charge in [-0.25, -0.2) is 9.37 Å². The molecule has 22 heavy (non-hydrogen) atoms. The Hall–Kier alpha value is -2.63. The van der Waals surface area contributed by atoms with Crippen molar-refractivity contribution in [2.24, 2.45) is 5.11 Å². The Balaban J connectivity index is 2.50. The number of nitrogens with zero attached hydrogens (tertiary/aromatic N) is 4. The third-order valence-electron chi connectivity index (χ3n) is 2.83. The van der Waals surface area contributed by atoms with E-state index in [4.69, 9.17) is 21.9 Å². The van der Waals surface area contributed by atoms with Crippen LogP contribution in [0, 0.1) is 5.82 Å². The number of Topliss-reactive ketones (excluding diaryl/α,β-unsaturated/α-hetero) is 1. The normalized spacial score (nSPS) is 9.95. The SMILES string of the molecule is COc1ccc(C(=O)CN=[N+]=[N-])nc1-c1ccc(F)c(Cl)c1. The first-order valence-electron chi connectivity index (χ1n) is 6.11. The van der Waals surface area contributed by atoms with Crippen molar-refractivity contribution in [3.05, 3.63) is 57.3 Å². The zero-order chi connectivity index (χ0) is 16.1. The number of rotatable bonds is 5. The van der Waals surface area contributed by atoms with Gasteiger partial charge in [-0.2, -0.15) is 0 Å². The molecule has 0 aliphatic rings. The van der Waals surface area contributed by atoms with Crippen molar-refractivity contribution in [3.63, 3.8) is 0 Å². The number of methoxy groups -OCH3 is 1. The van der Waals surface area contributed by atoms with Crippen LogP contribution in [0.25, 0.3) is 21.7 Å². The molecule has 8 heteroatoms. The number of carbonyl (C=O) groups excluding carboxylic acids is 1. The van der Waals surface area contributed by atoms with Gasteiger partial charge in [0.2, 0.25) is 0 Å². The highest BCUT2D eigenvalue weighted by Gasteiger charge is 2.14. The van der Waals surface area contributed by atoms with Crippen LogP contribution in [0.4, 0.5) is 4.39 Å². The van der Waals surface area contributed by atoms with E-state index in [1.807, 2.05) is 0 Å². The maximum absolute atomic E-state index is 13.3. The smallest absolute Gasteiger partial charge is 0.187 e. The molecule has 0 radical (unpaired) electrons. The second kappa shape index (κ2) is 6.89. The van der Waals surface area contributed by atoms with Crippen molar-refractivity contribution in [3.8, 4) is 17.0 Å². The average molecular weight is 321 g/mol. The van der Waals surface area contributed by atoms with E-state index in [1.165, 1.54) is 31.4 Å². The molecule has 0 fully saturated rings. The zero-order valence-electron chi connectivity index (χ0n) is 11.5. The van der Waals surface area contributed by atoms with Gasteiger partial charge in [0.1, 0.15) is 23.0 Å². The molecule has 0 N–H and O–H groups in total. The number of hydrogen-bond donors (Lipinski definition) is 0. The maximum Gasteiger partial charge on any atom is 0.187 e. The zero-order valence-corrected chi connectivity index (χ0v) is 12.2. The summed E-state index contributed by atoms with van der Waals surface area (Å²) < 4.78 is 18.5. The number of carbonyl (C=O) groups is 1. The van der Waals surface area contributed by atoms with E-state index in [0.717, 1.165) is 0 Å². The predicted molar refractivity (Wildman–Crippen MR) is 79.5 cm³/mol. The fraction of sp³-hybridized carbons (Fsp3) is 0.143. The maximum atomic E-state index is 13.3. The molecule has 0 unspecified atom stereocenters. The summed E-state index contributed by atoms with van der Waals surface area (Å²) in [5.74, 6) is -0.585. The highest BCUT2D eigenvalue weighted by Crippen LogP contribution is 2.30. The van der Waals surface area contributed by atoms with Gasteiger partial charge >= 0.3 is 0 Å². The van der Waals surface area contributed by atoms with Crippen LogP contribution in [-0.2, 0) is 0 Å². The summed E-state index contributed by atoms with van der Waals surface area (Å²) in [5, 5.41) is 3.15. The number of benzene rings is 1. The molecule has 1 aromatic carbocycles. The third-order valence-corrected chi connectivity index (χ3v) is 3.12. The van der Waals surface area contributed by atoms with Crippen LogP contribution < -0.4 is 4.74 Å². The molecule has 112 valence electrons. The predicted octanol–water partition coefficient (Wildman–Crippen LogP) is 4.04. The van der Waals surface area contributed by atoms with Crippen LogP contribution in [0.1, 0.15) is 10.5 Å². The summed E-state index contributed by atoms with van der Waals surface area (Å²) in [7, 11) is 1.45. The first-order chi connectivity index (χ1) is 10.6. The van der Waals surface area contributed by atoms with E-state index in [2.05, 4.69) is 15.0 Å². The molecule has 0 aliphatic heterocycles. The Kier molecular flexibility index (Phi) is 4.93. The molecular weight excluding hydrogens is 311 g/mol. The topological polar surface area (TPSA) is 88.0 Å². The monoisotopic (exact) mass is 320 g/mol. The van der Waals surface area contributed by atoms with E-state index < -0.39 is 11.6 Å². The number of aromatic nitrogens is 1. The van der Waals surface area contributed by atoms with Crippen molar-refractivity contribution < 1.29 is 13.9 Å². The van der Waals surface area contributed by atoms with Gasteiger partial charge in [0, 0.05) is 10.5 Å². The van der Waals surface area contributed by atoms with Crippen LogP contribution in [0.2, 0.25) is 5.02 Å². The number of halogens is 2. The first-order valence-corrected chi connectivity index (χ1v) is 6.49. The average Bonchev–Trinajstić information content (AvgIpc) is 2.54. The minimum Gasteiger partial charge on any atom is -0.494 e. The van der Waals surface area contributed by atoms with E-state index >= 15 is 0 Å². The Morgan fingerprint density at radius 2 is 2.23 bits per heavy atom. The van der Waals surface area contributed by atoms with Gasteiger partial charge in [-0.15, -0.1) is 0 Å². The van der Waals surface area contributed by atoms with Crippen molar-refractivity contribution in [1.29, 1.82) is 0 Å². The summed E-state index contributed by atoms with van der Waals surface area (Å²) in [5.41, 5.74) is 9.21. The summed E-state index contributed by atoms with van der Waals surface area (Å²) in [6.45, 7) is -0.334. The fourth-order valence-electron chi connectivity index (χ4n) is 1.79. The van der Waals surface area contributed by atoms with Crippen LogP contribution in [-0.4, -0.2) is 24.4 Å². The highest BCUT2D eigenvalue weighted by atomic mass is 35.5. The van der Waals surface area contributed by atoms with E-state index in [0.29, 0.717) is 17.0 Å². The summed E-state index contributed by atoms with van der Waals surface area (Å²) in [6, 6.07) is 7.09. The van der Waals surface area contributed by atoms with Crippen LogP contribution >= 0.6 is 11.6 Å². The molecule has 0 saturated carbocycles. The van der Waals surface area contributed by atoms with Gasteiger partial charge in [0.05, 0.1) is 18.7 Å². The highest BCUT2D eigenvalue weighted by molar-refractivity contribution is 6.31. The lowest BCUT2D eigenvalue weighted by Gasteiger charge is -2.10. The van der Waals surface area contributed by atoms with Crippen LogP contribution in [0.3, 0.4) is 0 Å². The molecule has 2 rings (SSSR count). The molecule has 1 heterocycles. The van der Waals surface area contributed by atoms with E-state index in [9.17, 15) is 9.18 Å². The first kappa shape index (κ1) is 15.8. The molecular formula is C14H10ClFN4O2. The quantitative estimate of drug-likeness (QED) is 0.360. The summed E-state index contributed by atoms with van der Waals surface area (Å²) in [6.07, 6.45) is 0. The second-order valence-electron chi connectivity index (χ2n) is 4.19. The van der Waals surface area contributed by atoms with Crippen molar-refractivity contribution in [2.75, 3.05) is 13.7 Å². The Morgan fingerprint density at radius 3 is 2.86 bits per heavy atom. The van der Waals surface area contributed by atoms with Gasteiger partial charge in [-0.05, 0) is 35.9 Å². The van der Waals surface area contributed by atoms with Crippen molar-refractivity contribution in [2.45, 2.75) is 0 Å². The lowest BCUT2D eigenvalue weighted by molar-refractivity contribution is 0.0997. The number of ether oxygens (including phenoxy) is 1. The van der Waals surface area contributed by atoms with Gasteiger partial charge in [-0.3, -0.25) is 4.79 Å². The molecule has 0 atom stereocenters. The standard InChI is InChI=1S/C14H10ClFN4O2/c1-22-13-5-4-11(12(21)7-18-20-17)19-14(13)8-2-3-10(16)9(15)6-8/h2-6H,7H2,1H3. The second-order valence-corrected chi connectivity index (χ2v) is 4.60. The molecule has 2 aromatic rings. The minimum atomic E-state index is -0.556. The van der Waals surface area contributed by atoms with Gasteiger partial charge in [0.15, 0.2) is 5.78 Å². The Morgan fingerprint density at radius 1 is 1.45 bits per heavy atom. The molecule has 1 aromatic heterocycles. The largest absolute Gasteiger partial charge is 0.494 e. The molecule has 0 aliphatic carbocycles. The van der Waals surface area contributed by atoms with Crippen LogP contribution in [0.15, 0.2) is 35.4 Å². The summed E-state index contributed by atoms with van der Waals surface area (Å²) >= 11 is 5.76. The van der Waals surface area contributed by atoms with Gasteiger partial charge in [0.25, 0.3) is 0 Å². The van der Waals surface area contributed by atoms with Gasteiger partial charge in [-0.1, -0.05) is 16.7 Å². The number of azide groups is 1. The lowest BCUT2D eigenvalue weighted by Crippen LogP contribution is -2.07. The van der Waals surface area contributed by atoms with E-state index in [-0.39, 0.29) is 17.3 Å². The molecule has 0 amide bonds. The van der Waals surface area contributed by atoms with Crippen molar-refractivity contribution in [1.82, 2.24) is 4.98 Å². The van der Waals surface area contributed by atoms with Crippen LogP contribution in [0.5, 0.6) is 5.75 Å².